The van der Waals surface area contributed by atoms with Crippen LogP contribution < -0.4 is 5.73 Å². The maximum absolute atomic E-state index is 12.2. The van der Waals surface area contributed by atoms with Crippen LogP contribution >= 0.6 is 23.8 Å². The molecular weight excluding hydrogens is 260 g/mol. The molecule has 1 aromatic rings. The van der Waals surface area contributed by atoms with E-state index in [0.29, 0.717) is 29.6 Å². The summed E-state index contributed by atoms with van der Waals surface area (Å²) in [5, 5.41) is 0.135. The molecule has 0 radical (unpaired) electrons. The lowest BCUT2D eigenvalue weighted by molar-refractivity contribution is 0.0747. The number of hydrogen-bond acceptors (Lipinski definition) is 3. The Morgan fingerprint density at radius 3 is 2.82 bits per heavy atom. The van der Waals surface area contributed by atoms with Gasteiger partial charge in [-0.15, -0.1) is 0 Å². The van der Waals surface area contributed by atoms with Gasteiger partial charge in [-0.1, -0.05) is 12.2 Å². The molecule has 1 fully saturated rings. The van der Waals surface area contributed by atoms with Crippen LogP contribution in [0.5, 0.6) is 0 Å². The van der Waals surface area contributed by atoms with E-state index < -0.39 is 0 Å². The molecule has 17 heavy (non-hydrogen) atoms. The van der Waals surface area contributed by atoms with Crippen LogP contribution in [0.15, 0.2) is 16.7 Å². The van der Waals surface area contributed by atoms with Crippen molar-refractivity contribution < 1.29 is 9.21 Å². The minimum absolute atomic E-state index is 0.109. The molecule has 4 nitrogen and oxygen atoms in total. The van der Waals surface area contributed by atoms with Crippen molar-refractivity contribution in [3.63, 3.8) is 0 Å². The van der Waals surface area contributed by atoms with Crippen LogP contribution in [-0.4, -0.2) is 28.4 Å². The summed E-state index contributed by atoms with van der Waals surface area (Å²) in [7, 11) is 0. The average Bonchev–Trinajstić information content (AvgIpc) is 3.00. The van der Waals surface area contributed by atoms with Crippen molar-refractivity contribution in [1.29, 1.82) is 0 Å². The van der Waals surface area contributed by atoms with Crippen LogP contribution in [0.25, 0.3) is 0 Å². The molecule has 0 aromatic carbocycles. The van der Waals surface area contributed by atoms with E-state index in [4.69, 9.17) is 34.0 Å². The molecule has 6 heteroatoms. The number of carbonyl (C=O) groups excluding carboxylic acids is 1. The van der Waals surface area contributed by atoms with Gasteiger partial charge in [-0.25, -0.2) is 0 Å². The molecule has 2 N–H and O–H groups in total. The fourth-order valence-corrected chi connectivity index (χ4v) is 1.95. The molecule has 1 amide bonds. The third kappa shape index (κ3) is 2.98. The second-order valence-electron chi connectivity index (χ2n) is 4.05. The first-order valence-corrected chi connectivity index (χ1v) is 6.20. The summed E-state index contributed by atoms with van der Waals surface area (Å²) in [6.45, 7) is 0.542. The van der Waals surface area contributed by atoms with Crippen molar-refractivity contribution >= 4 is 34.7 Å². The number of hydrogen-bond donors (Lipinski definition) is 1. The number of carbonyl (C=O) groups is 1. The average molecular weight is 273 g/mol. The molecule has 0 atom stereocenters. The molecule has 1 aliphatic carbocycles. The topological polar surface area (TPSA) is 59.5 Å². The Bertz CT molecular complexity index is 442. The molecule has 0 spiro atoms. The highest BCUT2D eigenvalue weighted by Crippen LogP contribution is 2.30. The summed E-state index contributed by atoms with van der Waals surface area (Å²) in [6.07, 6.45) is 4.00. The third-order valence-corrected chi connectivity index (χ3v) is 3.19. The molecule has 92 valence electrons. The van der Waals surface area contributed by atoms with Crippen LogP contribution in [0.1, 0.15) is 29.6 Å². The van der Waals surface area contributed by atoms with Crippen LogP contribution in [0, 0.1) is 0 Å². The Morgan fingerprint density at radius 1 is 1.65 bits per heavy atom. The number of thiocarbonyl (C=S) groups is 1. The van der Waals surface area contributed by atoms with Crippen molar-refractivity contribution in [3.8, 4) is 0 Å². The minimum atomic E-state index is -0.109. The van der Waals surface area contributed by atoms with E-state index in [0.717, 1.165) is 12.8 Å². The Hall–Kier alpha value is -1.07. The molecule has 1 aromatic heterocycles. The van der Waals surface area contributed by atoms with Gasteiger partial charge in [0.15, 0.2) is 0 Å². The molecule has 0 aliphatic heterocycles. The molecule has 1 saturated carbocycles. The van der Waals surface area contributed by atoms with Gasteiger partial charge in [0.2, 0.25) is 5.22 Å². The van der Waals surface area contributed by atoms with E-state index in [2.05, 4.69) is 0 Å². The highest BCUT2D eigenvalue weighted by atomic mass is 35.5. The van der Waals surface area contributed by atoms with Gasteiger partial charge in [-0.3, -0.25) is 4.79 Å². The number of halogens is 1. The van der Waals surface area contributed by atoms with Crippen molar-refractivity contribution in [3.05, 3.63) is 23.1 Å². The Morgan fingerprint density at radius 2 is 2.35 bits per heavy atom. The minimum Gasteiger partial charge on any atom is -0.452 e. The predicted molar refractivity (Wildman–Crippen MR) is 69.2 cm³/mol. The van der Waals surface area contributed by atoms with Crippen molar-refractivity contribution in [1.82, 2.24) is 4.90 Å². The summed E-state index contributed by atoms with van der Waals surface area (Å²) in [5.74, 6) is -0.109. The van der Waals surface area contributed by atoms with Crippen molar-refractivity contribution in [2.75, 3.05) is 6.54 Å². The summed E-state index contributed by atoms with van der Waals surface area (Å²) >= 11 is 10.6. The summed E-state index contributed by atoms with van der Waals surface area (Å²) in [5.41, 5.74) is 5.86. The summed E-state index contributed by atoms with van der Waals surface area (Å²) < 4.78 is 4.93. The number of nitrogens with two attached hydrogens (primary N) is 1. The van der Waals surface area contributed by atoms with Gasteiger partial charge < -0.3 is 15.1 Å². The van der Waals surface area contributed by atoms with Crippen molar-refractivity contribution in [2.24, 2.45) is 5.73 Å². The molecule has 1 aliphatic rings. The summed E-state index contributed by atoms with van der Waals surface area (Å²) in [4.78, 5) is 14.4. The normalized spacial score (nSPS) is 14.6. The van der Waals surface area contributed by atoms with Gasteiger partial charge in [0.05, 0.1) is 16.8 Å². The first-order chi connectivity index (χ1) is 8.09. The van der Waals surface area contributed by atoms with Gasteiger partial charge in [-0.05, 0) is 30.5 Å². The highest BCUT2D eigenvalue weighted by molar-refractivity contribution is 7.80. The van der Waals surface area contributed by atoms with Gasteiger partial charge >= 0.3 is 0 Å². The molecule has 0 bridgehead atoms. The second kappa shape index (κ2) is 5.06. The number of rotatable bonds is 5. The number of amides is 1. The molecule has 0 saturated heterocycles. The largest absolute Gasteiger partial charge is 0.452 e. The summed E-state index contributed by atoms with van der Waals surface area (Å²) in [6, 6.07) is 1.88. The Labute approximate surface area is 110 Å². The van der Waals surface area contributed by atoms with E-state index in [1.165, 1.54) is 6.26 Å². The molecule has 2 rings (SSSR count). The smallest absolute Gasteiger partial charge is 0.258 e. The first kappa shape index (κ1) is 12.4. The highest BCUT2D eigenvalue weighted by Gasteiger charge is 2.34. The van der Waals surface area contributed by atoms with E-state index in [1.54, 1.807) is 11.0 Å². The van der Waals surface area contributed by atoms with Crippen LogP contribution in [0.4, 0.5) is 0 Å². The van der Waals surface area contributed by atoms with E-state index in [-0.39, 0.29) is 11.1 Å². The lowest BCUT2D eigenvalue weighted by atomic mass is 10.2. The Balaban J connectivity index is 2.08. The lowest BCUT2D eigenvalue weighted by Gasteiger charge is -2.21. The van der Waals surface area contributed by atoms with Crippen LogP contribution in [0.3, 0.4) is 0 Å². The van der Waals surface area contributed by atoms with Crippen molar-refractivity contribution in [2.45, 2.75) is 25.3 Å². The quantitative estimate of drug-likeness (QED) is 0.835. The first-order valence-electron chi connectivity index (χ1n) is 5.42. The monoisotopic (exact) mass is 272 g/mol. The Kier molecular flexibility index (Phi) is 3.69. The fraction of sp³-hybridized carbons (Fsp3) is 0.455. The zero-order valence-electron chi connectivity index (χ0n) is 9.19. The van der Waals surface area contributed by atoms with E-state index >= 15 is 0 Å². The molecular formula is C11H13ClN2O2S. The zero-order chi connectivity index (χ0) is 12.4. The molecule has 0 unspecified atom stereocenters. The van der Waals surface area contributed by atoms with E-state index in [1.807, 2.05) is 0 Å². The van der Waals surface area contributed by atoms with Gasteiger partial charge in [-0.2, -0.15) is 0 Å². The van der Waals surface area contributed by atoms with Crippen LogP contribution in [0.2, 0.25) is 5.22 Å². The van der Waals surface area contributed by atoms with E-state index in [9.17, 15) is 4.79 Å². The number of nitrogens with zero attached hydrogens (tertiary/aromatic N) is 1. The predicted octanol–water partition coefficient (Wildman–Crippen LogP) is 2.21. The third-order valence-electron chi connectivity index (χ3n) is 2.70. The SMILES string of the molecule is NC(=S)CCN(C(=O)c1ccoc1Cl)C1CC1. The van der Waals surface area contributed by atoms with Gasteiger partial charge in [0.1, 0.15) is 0 Å². The molecule has 1 heterocycles. The second-order valence-corrected chi connectivity index (χ2v) is 4.92. The standard InChI is InChI=1S/C11H13ClN2O2S/c12-10-8(4-6-16-10)11(15)14(7-1-2-7)5-3-9(13)17/h4,6-7H,1-3,5H2,(H2,13,17). The number of furan rings is 1. The maximum Gasteiger partial charge on any atom is 0.258 e. The van der Waals surface area contributed by atoms with Gasteiger partial charge in [0, 0.05) is 19.0 Å². The fourth-order valence-electron chi connectivity index (χ4n) is 1.67. The zero-order valence-corrected chi connectivity index (χ0v) is 10.8. The maximum atomic E-state index is 12.2. The van der Waals surface area contributed by atoms with Gasteiger partial charge in [0.25, 0.3) is 5.91 Å². The lowest BCUT2D eigenvalue weighted by Crippen LogP contribution is -2.35. The van der Waals surface area contributed by atoms with Crippen LogP contribution in [-0.2, 0) is 0 Å².